The Kier molecular flexibility index (Phi) is 2.54. The van der Waals surface area contributed by atoms with Crippen LogP contribution in [0, 0.1) is 17.1 Å². The second-order valence-electron chi connectivity index (χ2n) is 4.12. The zero-order valence-corrected chi connectivity index (χ0v) is 10.0. The molecule has 3 rings (SSSR count). The van der Waals surface area contributed by atoms with Gasteiger partial charge in [0.05, 0.1) is 16.8 Å². The predicted molar refractivity (Wildman–Crippen MR) is 66.5 cm³/mol. The minimum Gasteiger partial charge on any atom is -0.268 e. The third-order valence-corrected chi connectivity index (χ3v) is 2.97. The molecule has 5 nitrogen and oxygen atoms in total. The highest BCUT2D eigenvalue weighted by atomic mass is 19.1. The minimum atomic E-state index is -0.617. The molecule has 1 aliphatic heterocycles. The Hall–Kier alpha value is -3.07. The van der Waals surface area contributed by atoms with Gasteiger partial charge < -0.3 is 0 Å². The number of hydrogen-bond donors (Lipinski definition) is 0. The molecule has 96 valence electrons. The third-order valence-electron chi connectivity index (χ3n) is 2.97. The number of benzene rings is 1. The van der Waals surface area contributed by atoms with Crippen molar-refractivity contribution >= 4 is 17.5 Å². The molecule has 6 heteroatoms. The van der Waals surface area contributed by atoms with Crippen molar-refractivity contribution in [2.24, 2.45) is 0 Å². The molecule has 0 unspecified atom stereocenters. The number of amides is 2. The number of pyridine rings is 1. The van der Waals surface area contributed by atoms with Crippen LogP contribution in [0.25, 0.3) is 0 Å². The molecule has 0 fully saturated rings. The van der Waals surface area contributed by atoms with Gasteiger partial charge >= 0.3 is 0 Å². The molecule has 1 aliphatic rings. The van der Waals surface area contributed by atoms with E-state index in [-0.39, 0.29) is 22.5 Å². The van der Waals surface area contributed by atoms with E-state index >= 15 is 0 Å². The quantitative estimate of drug-likeness (QED) is 0.739. The standard InChI is InChI=1S/C14H6FN3O2/c15-9-3-4-11(8(6-9)7-16)18-13(19)10-2-1-5-17-12(10)14(18)20/h1-6H. The summed E-state index contributed by atoms with van der Waals surface area (Å²) < 4.78 is 13.1. The Morgan fingerprint density at radius 3 is 2.70 bits per heavy atom. The lowest BCUT2D eigenvalue weighted by Gasteiger charge is -2.14. The summed E-state index contributed by atoms with van der Waals surface area (Å²) in [5.74, 6) is -1.80. The number of aromatic nitrogens is 1. The molecule has 1 aromatic heterocycles. The van der Waals surface area contributed by atoms with E-state index in [1.54, 1.807) is 12.1 Å². The number of imide groups is 1. The topological polar surface area (TPSA) is 74.1 Å². The van der Waals surface area contributed by atoms with Gasteiger partial charge in [-0.25, -0.2) is 9.29 Å². The SMILES string of the molecule is N#Cc1cc(F)ccc1N1C(=O)c2cccnc2C1=O. The van der Waals surface area contributed by atoms with Crippen LogP contribution in [0.5, 0.6) is 0 Å². The maximum atomic E-state index is 13.1. The summed E-state index contributed by atoms with van der Waals surface area (Å²) in [7, 11) is 0. The van der Waals surface area contributed by atoms with E-state index in [1.807, 2.05) is 0 Å². The van der Waals surface area contributed by atoms with Crippen LogP contribution in [-0.4, -0.2) is 16.8 Å². The van der Waals surface area contributed by atoms with Gasteiger partial charge in [0.1, 0.15) is 17.6 Å². The maximum absolute atomic E-state index is 13.1. The number of fused-ring (bicyclic) bond motifs is 1. The van der Waals surface area contributed by atoms with Crippen LogP contribution in [0.1, 0.15) is 26.4 Å². The molecule has 2 heterocycles. The number of nitrogens with zero attached hydrogens (tertiary/aromatic N) is 3. The molecule has 0 aliphatic carbocycles. The maximum Gasteiger partial charge on any atom is 0.284 e. The number of halogens is 1. The largest absolute Gasteiger partial charge is 0.284 e. The molecule has 0 saturated carbocycles. The normalized spacial score (nSPS) is 13.3. The van der Waals surface area contributed by atoms with E-state index in [2.05, 4.69) is 4.98 Å². The lowest BCUT2D eigenvalue weighted by atomic mass is 10.1. The molecular formula is C14H6FN3O2. The molecule has 0 saturated heterocycles. The average molecular weight is 267 g/mol. The van der Waals surface area contributed by atoms with Crippen molar-refractivity contribution in [1.29, 1.82) is 5.26 Å². The molecule has 20 heavy (non-hydrogen) atoms. The Morgan fingerprint density at radius 2 is 2.00 bits per heavy atom. The van der Waals surface area contributed by atoms with Gasteiger partial charge in [-0.3, -0.25) is 14.6 Å². The highest BCUT2D eigenvalue weighted by molar-refractivity contribution is 6.34. The van der Waals surface area contributed by atoms with Crippen molar-refractivity contribution in [2.75, 3.05) is 4.90 Å². The van der Waals surface area contributed by atoms with E-state index in [9.17, 15) is 14.0 Å². The molecule has 2 aromatic rings. The summed E-state index contributed by atoms with van der Waals surface area (Å²) in [4.78, 5) is 29.1. The Balaban J connectivity index is 2.17. The van der Waals surface area contributed by atoms with Crippen LogP contribution >= 0.6 is 0 Å². The van der Waals surface area contributed by atoms with E-state index in [0.29, 0.717) is 0 Å². The van der Waals surface area contributed by atoms with Gasteiger partial charge in [-0.2, -0.15) is 5.26 Å². The van der Waals surface area contributed by atoms with Crippen molar-refractivity contribution < 1.29 is 14.0 Å². The fraction of sp³-hybridized carbons (Fsp3) is 0. The number of nitriles is 1. The third kappa shape index (κ3) is 1.57. The van der Waals surface area contributed by atoms with Crippen LogP contribution in [0.2, 0.25) is 0 Å². The zero-order valence-electron chi connectivity index (χ0n) is 10.0. The van der Waals surface area contributed by atoms with Crippen LogP contribution in [0.3, 0.4) is 0 Å². The smallest absolute Gasteiger partial charge is 0.268 e. The second kappa shape index (κ2) is 4.24. The van der Waals surface area contributed by atoms with Gasteiger partial charge in [-0.05, 0) is 30.3 Å². The van der Waals surface area contributed by atoms with Gasteiger partial charge in [0, 0.05) is 6.20 Å². The zero-order chi connectivity index (χ0) is 14.3. The molecule has 0 spiro atoms. The van der Waals surface area contributed by atoms with Gasteiger partial charge in [0.15, 0.2) is 0 Å². The first-order chi connectivity index (χ1) is 9.63. The van der Waals surface area contributed by atoms with Crippen LogP contribution in [0.15, 0.2) is 36.5 Å². The highest BCUT2D eigenvalue weighted by Gasteiger charge is 2.38. The average Bonchev–Trinajstić information content (AvgIpc) is 2.72. The number of hydrogen-bond acceptors (Lipinski definition) is 4. The van der Waals surface area contributed by atoms with E-state index in [0.717, 1.165) is 17.0 Å². The minimum absolute atomic E-state index is 0.0331. The molecule has 0 radical (unpaired) electrons. The lowest BCUT2D eigenvalue weighted by Crippen LogP contribution is -2.30. The lowest BCUT2D eigenvalue weighted by molar-refractivity contribution is 0.0924. The van der Waals surface area contributed by atoms with Gasteiger partial charge in [0.2, 0.25) is 0 Å². The first-order valence-electron chi connectivity index (χ1n) is 5.67. The molecule has 0 N–H and O–H groups in total. The van der Waals surface area contributed by atoms with Gasteiger partial charge in [0.25, 0.3) is 11.8 Å². The van der Waals surface area contributed by atoms with Crippen molar-refractivity contribution in [3.05, 3.63) is 59.2 Å². The van der Waals surface area contributed by atoms with Crippen LogP contribution in [-0.2, 0) is 0 Å². The highest BCUT2D eigenvalue weighted by Crippen LogP contribution is 2.29. The summed E-state index contributed by atoms with van der Waals surface area (Å²) in [6, 6.07) is 8.10. The van der Waals surface area contributed by atoms with Gasteiger partial charge in [-0.15, -0.1) is 0 Å². The van der Waals surface area contributed by atoms with Crippen molar-refractivity contribution in [3.8, 4) is 6.07 Å². The van der Waals surface area contributed by atoms with Crippen molar-refractivity contribution in [3.63, 3.8) is 0 Å². The Labute approximate surface area is 112 Å². The molecule has 2 amide bonds. The van der Waals surface area contributed by atoms with Gasteiger partial charge in [-0.1, -0.05) is 0 Å². The fourth-order valence-electron chi connectivity index (χ4n) is 2.08. The first kappa shape index (κ1) is 12.0. The number of carbonyl (C=O) groups is 2. The monoisotopic (exact) mass is 267 g/mol. The first-order valence-corrected chi connectivity index (χ1v) is 5.67. The van der Waals surface area contributed by atoms with E-state index < -0.39 is 17.6 Å². The molecule has 1 aromatic carbocycles. The molecular weight excluding hydrogens is 261 g/mol. The van der Waals surface area contributed by atoms with Crippen LogP contribution < -0.4 is 4.90 Å². The number of carbonyl (C=O) groups excluding carboxylic acids is 2. The summed E-state index contributed by atoms with van der Waals surface area (Å²) in [6.07, 6.45) is 1.41. The van der Waals surface area contributed by atoms with Crippen molar-refractivity contribution in [1.82, 2.24) is 4.98 Å². The van der Waals surface area contributed by atoms with Crippen molar-refractivity contribution in [2.45, 2.75) is 0 Å². The molecule has 0 bridgehead atoms. The molecule has 0 atom stereocenters. The fourth-order valence-corrected chi connectivity index (χ4v) is 2.08. The summed E-state index contributed by atoms with van der Waals surface area (Å²) >= 11 is 0. The number of anilines is 1. The summed E-state index contributed by atoms with van der Waals surface area (Å²) in [5, 5.41) is 9.01. The van der Waals surface area contributed by atoms with Crippen LogP contribution in [0.4, 0.5) is 10.1 Å². The second-order valence-corrected chi connectivity index (χ2v) is 4.12. The Bertz CT molecular complexity index is 760. The predicted octanol–water partition coefficient (Wildman–Crippen LogP) is 1.89. The summed E-state index contributed by atoms with van der Waals surface area (Å²) in [5.41, 5.74) is 0.179. The number of rotatable bonds is 1. The van der Waals surface area contributed by atoms with E-state index in [4.69, 9.17) is 5.26 Å². The Morgan fingerprint density at radius 1 is 1.20 bits per heavy atom. The van der Waals surface area contributed by atoms with E-state index in [1.165, 1.54) is 18.3 Å². The summed E-state index contributed by atoms with van der Waals surface area (Å²) in [6.45, 7) is 0.